The van der Waals surface area contributed by atoms with Gasteiger partial charge >= 0.3 is 0 Å². The smallest absolute Gasteiger partial charge is 0.273 e. The number of methoxy groups -OCH3 is 1. The van der Waals surface area contributed by atoms with Crippen molar-refractivity contribution >= 4 is 26.8 Å². The number of aromatic nitrogens is 3. The number of halogens is 1. The molecule has 0 aliphatic carbocycles. The summed E-state index contributed by atoms with van der Waals surface area (Å²) in [4.78, 5) is 15.4. The van der Waals surface area contributed by atoms with Gasteiger partial charge in [0, 0.05) is 0 Å². The van der Waals surface area contributed by atoms with Crippen LogP contribution in [0.1, 0.15) is 0 Å². The Morgan fingerprint density at radius 1 is 1.57 bits per heavy atom. The van der Waals surface area contributed by atoms with Crippen LogP contribution < -0.4 is 10.3 Å². The number of nitrogens with zero attached hydrogens (tertiary/aromatic N) is 2. The number of hydrogen-bond acceptors (Lipinski definition) is 4. The Hall–Kier alpha value is -1.43. The van der Waals surface area contributed by atoms with E-state index in [1.165, 1.54) is 13.3 Å². The Morgan fingerprint density at radius 2 is 2.36 bits per heavy atom. The van der Waals surface area contributed by atoms with Crippen molar-refractivity contribution in [3.8, 4) is 5.88 Å². The van der Waals surface area contributed by atoms with Crippen LogP contribution in [0.15, 0.2) is 21.5 Å². The molecule has 0 fully saturated rings. The Labute approximate surface area is 87.2 Å². The van der Waals surface area contributed by atoms with Crippen LogP contribution in [-0.2, 0) is 0 Å². The third-order valence-electron chi connectivity index (χ3n) is 1.76. The molecule has 6 heteroatoms. The van der Waals surface area contributed by atoms with E-state index in [-0.39, 0.29) is 5.56 Å². The second kappa shape index (κ2) is 3.38. The van der Waals surface area contributed by atoms with Gasteiger partial charge in [0.2, 0.25) is 5.88 Å². The molecule has 2 aromatic rings. The average Bonchev–Trinajstić information content (AvgIpc) is 2.19. The zero-order valence-corrected chi connectivity index (χ0v) is 8.83. The van der Waals surface area contributed by atoms with Gasteiger partial charge in [-0.1, -0.05) is 0 Å². The van der Waals surface area contributed by atoms with Crippen LogP contribution in [0.3, 0.4) is 0 Å². The summed E-state index contributed by atoms with van der Waals surface area (Å²) in [6, 6.07) is 1.65. The van der Waals surface area contributed by atoms with E-state index in [0.717, 1.165) is 0 Å². The summed E-state index contributed by atoms with van der Waals surface area (Å²) in [7, 11) is 1.51. The number of H-pyrrole nitrogens is 1. The van der Waals surface area contributed by atoms with Crippen LogP contribution in [0.2, 0.25) is 0 Å². The molecule has 0 atom stereocenters. The van der Waals surface area contributed by atoms with Crippen molar-refractivity contribution in [2.75, 3.05) is 7.11 Å². The molecule has 0 bridgehead atoms. The molecule has 72 valence electrons. The first kappa shape index (κ1) is 9.14. The number of pyridine rings is 1. The maximum Gasteiger partial charge on any atom is 0.273 e. The van der Waals surface area contributed by atoms with Gasteiger partial charge in [-0.05, 0) is 22.0 Å². The highest BCUT2D eigenvalue weighted by atomic mass is 79.9. The van der Waals surface area contributed by atoms with Gasteiger partial charge in [-0.2, -0.15) is 5.10 Å². The first-order valence-corrected chi connectivity index (χ1v) is 4.59. The molecule has 2 aromatic heterocycles. The Balaban J connectivity index is 2.86. The van der Waals surface area contributed by atoms with Crippen LogP contribution in [0.4, 0.5) is 0 Å². The molecule has 1 N–H and O–H groups in total. The number of ether oxygens (including phenoxy) is 1. The van der Waals surface area contributed by atoms with Crippen molar-refractivity contribution in [2.24, 2.45) is 0 Å². The summed E-state index contributed by atoms with van der Waals surface area (Å²) >= 11 is 3.25. The number of rotatable bonds is 1. The summed E-state index contributed by atoms with van der Waals surface area (Å²) in [6.45, 7) is 0. The second-order valence-electron chi connectivity index (χ2n) is 2.61. The molecule has 0 saturated heterocycles. The lowest BCUT2D eigenvalue weighted by Gasteiger charge is -2.02. The number of aromatic amines is 1. The van der Waals surface area contributed by atoms with Crippen LogP contribution in [-0.4, -0.2) is 22.3 Å². The molecular formula is C8H6BrN3O2. The molecular weight excluding hydrogens is 250 g/mol. The van der Waals surface area contributed by atoms with Gasteiger partial charge in [0.25, 0.3) is 5.56 Å². The van der Waals surface area contributed by atoms with Gasteiger partial charge < -0.3 is 4.74 Å². The molecule has 0 aromatic carbocycles. The van der Waals surface area contributed by atoms with E-state index in [1.54, 1.807) is 6.07 Å². The summed E-state index contributed by atoms with van der Waals surface area (Å²) in [5, 5.41) is 6.46. The normalized spacial score (nSPS) is 10.4. The van der Waals surface area contributed by atoms with Gasteiger partial charge in [-0.3, -0.25) is 4.79 Å². The Morgan fingerprint density at radius 3 is 3.07 bits per heavy atom. The van der Waals surface area contributed by atoms with Crippen molar-refractivity contribution in [1.82, 2.24) is 15.2 Å². The minimum atomic E-state index is -0.265. The van der Waals surface area contributed by atoms with Crippen molar-refractivity contribution in [3.63, 3.8) is 0 Å². The fraction of sp³-hybridized carbons (Fsp3) is 0.125. The zero-order valence-electron chi connectivity index (χ0n) is 7.24. The number of hydrogen-bond donors (Lipinski definition) is 1. The zero-order chi connectivity index (χ0) is 10.1. The highest BCUT2D eigenvalue weighted by Gasteiger charge is 2.06. The first-order valence-electron chi connectivity index (χ1n) is 3.80. The summed E-state index contributed by atoms with van der Waals surface area (Å²) in [5.74, 6) is 0.435. The van der Waals surface area contributed by atoms with Crippen LogP contribution in [0, 0.1) is 0 Å². The second-order valence-corrected chi connectivity index (χ2v) is 3.47. The van der Waals surface area contributed by atoms with Crippen molar-refractivity contribution in [3.05, 3.63) is 27.1 Å². The molecule has 0 saturated carbocycles. The molecule has 5 nitrogen and oxygen atoms in total. The Kier molecular flexibility index (Phi) is 2.20. The van der Waals surface area contributed by atoms with Crippen LogP contribution in [0.25, 0.3) is 10.9 Å². The topological polar surface area (TPSA) is 67.9 Å². The van der Waals surface area contributed by atoms with E-state index in [2.05, 4.69) is 31.1 Å². The molecule has 0 radical (unpaired) electrons. The number of nitrogens with one attached hydrogen (secondary N) is 1. The fourth-order valence-corrected chi connectivity index (χ4v) is 1.60. The standard InChI is InChI=1S/C8H6BrN3O2/c1-14-8-5(9)2-4-6(11-8)3-10-12-7(4)13/h2-3H,1H3,(H,12,13). The molecule has 14 heavy (non-hydrogen) atoms. The summed E-state index contributed by atoms with van der Waals surface area (Å²) < 4.78 is 5.64. The lowest BCUT2D eigenvalue weighted by atomic mass is 10.3. The van der Waals surface area contributed by atoms with Gasteiger partial charge in [-0.25, -0.2) is 10.1 Å². The van der Waals surface area contributed by atoms with Gasteiger partial charge in [0.05, 0.1) is 28.7 Å². The monoisotopic (exact) mass is 255 g/mol. The average molecular weight is 256 g/mol. The van der Waals surface area contributed by atoms with Crippen LogP contribution >= 0.6 is 15.9 Å². The molecule has 0 spiro atoms. The van der Waals surface area contributed by atoms with Gasteiger partial charge in [-0.15, -0.1) is 0 Å². The summed E-state index contributed by atoms with van der Waals surface area (Å²) in [5.41, 5.74) is 0.243. The number of fused-ring (bicyclic) bond motifs is 1. The Bertz CT molecular complexity index is 538. The van der Waals surface area contributed by atoms with E-state index in [1.807, 2.05) is 0 Å². The third-order valence-corrected chi connectivity index (χ3v) is 2.33. The highest BCUT2D eigenvalue weighted by molar-refractivity contribution is 9.10. The van der Waals surface area contributed by atoms with E-state index in [9.17, 15) is 4.79 Å². The lowest BCUT2D eigenvalue weighted by Crippen LogP contribution is -2.08. The van der Waals surface area contributed by atoms with Gasteiger partial charge in [0.15, 0.2) is 0 Å². The SMILES string of the molecule is COc1nc2cn[nH]c(=O)c2cc1Br. The van der Waals surface area contributed by atoms with Crippen molar-refractivity contribution < 1.29 is 4.74 Å². The third kappa shape index (κ3) is 1.37. The predicted octanol–water partition coefficient (Wildman–Crippen LogP) is 1.09. The van der Waals surface area contributed by atoms with Crippen molar-refractivity contribution in [1.29, 1.82) is 0 Å². The van der Waals surface area contributed by atoms with E-state index >= 15 is 0 Å². The van der Waals surface area contributed by atoms with E-state index in [4.69, 9.17) is 4.74 Å². The minimum Gasteiger partial charge on any atom is -0.480 e. The molecule has 2 rings (SSSR count). The largest absolute Gasteiger partial charge is 0.480 e. The fourth-order valence-electron chi connectivity index (χ4n) is 1.12. The lowest BCUT2D eigenvalue weighted by molar-refractivity contribution is 0.396. The highest BCUT2D eigenvalue weighted by Crippen LogP contribution is 2.24. The predicted molar refractivity (Wildman–Crippen MR) is 54.4 cm³/mol. The molecule has 0 aliphatic rings. The maximum atomic E-state index is 11.3. The molecule has 0 aliphatic heterocycles. The maximum absolute atomic E-state index is 11.3. The summed E-state index contributed by atoms with van der Waals surface area (Å²) in [6.07, 6.45) is 1.48. The first-order chi connectivity index (χ1) is 6.72. The van der Waals surface area contributed by atoms with Crippen molar-refractivity contribution in [2.45, 2.75) is 0 Å². The van der Waals surface area contributed by atoms with Crippen LogP contribution in [0.5, 0.6) is 5.88 Å². The van der Waals surface area contributed by atoms with Gasteiger partial charge in [0.1, 0.15) is 0 Å². The molecule has 0 unspecified atom stereocenters. The molecule has 2 heterocycles. The van der Waals surface area contributed by atoms with E-state index in [0.29, 0.717) is 21.3 Å². The minimum absolute atomic E-state index is 0.265. The van der Waals surface area contributed by atoms with E-state index < -0.39 is 0 Å². The quantitative estimate of drug-likeness (QED) is 0.829. The molecule has 0 amide bonds.